The summed E-state index contributed by atoms with van der Waals surface area (Å²) in [6, 6.07) is 12.1. The number of rotatable bonds is 4. The van der Waals surface area contributed by atoms with E-state index in [2.05, 4.69) is 22.4 Å². The van der Waals surface area contributed by atoms with E-state index in [-0.39, 0.29) is 0 Å². The number of nitrogens with zero attached hydrogens (tertiary/aromatic N) is 1. The molecule has 0 aliphatic carbocycles. The molecule has 2 aromatic rings. The molecule has 0 saturated carbocycles. The van der Waals surface area contributed by atoms with Gasteiger partial charge in [-0.05, 0) is 48.5 Å². The third kappa shape index (κ3) is 3.28. The van der Waals surface area contributed by atoms with E-state index in [1.807, 2.05) is 24.3 Å². The highest BCUT2D eigenvalue weighted by Gasteiger charge is 2.35. The molecule has 3 nitrogen and oxygen atoms in total. The Morgan fingerprint density at radius 3 is 3.00 bits per heavy atom. The number of β-amino-alcohol motifs (C(OH)–C–C–N with tert-alkyl or cyclic N) is 1. The number of thiophene rings is 1. The fourth-order valence-electron chi connectivity index (χ4n) is 3.03. The molecule has 0 amide bonds. The highest BCUT2D eigenvalue weighted by molar-refractivity contribution is 7.09. The molecule has 1 atom stereocenters. The average molecular weight is 303 g/mol. The Kier molecular flexibility index (Phi) is 4.29. The molecule has 0 radical (unpaired) electrons. The molecular weight excluding hydrogens is 282 g/mol. The van der Waals surface area contributed by atoms with Gasteiger partial charge in [-0.25, -0.2) is 0 Å². The summed E-state index contributed by atoms with van der Waals surface area (Å²) >= 11 is 1.78. The summed E-state index contributed by atoms with van der Waals surface area (Å²) < 4.78 is 5.28. The summed E-state index contributed by atoms with van der Waals surface area (Å²) in [5.74, 6) is 0.802. The molecule has 0 bridgehead atoms. The zero-order chi connectivity index (χ0) is 14.7. The van der Waals surface area contributed by atoms with Crippen LogP contribution in [0, 0.1) is 0 Å². The minimum absolute atomic E-state index is 0.679. The quantitative estimate of drug-likeness (QED) is 0.941. The molecule has 21 heavy (non-hydrogen) atoms. The topological polar surface area (TPSA) is 32.7 Å². The number of aliphatic hydroxyl groups is 1. The molecule has 2 heterocycles. The second-order valence-electron chi connectivity index (χ2n) is 5.66. The molecule has 1 aromatic heterocycles. The van der Waals surface area contributed by atoms with E-state index in [0.29, 0.717) is 6.54 Å². The lowest BCUT2D eigenvalue weighted by Crippen LogP contribution is -2.45. The van der Waals surface area contributed by atoms with E-state index in [0.717, 1.165) is 37.2 Å². The van der Waals surface area contributed by atoms with Crippen LogP contribution in [0.3, 0.4) is 0 Å². The molecule has 1 N–H and O–H groups in total. The minimum atomic E-state index is -0.774. The fraction of sp³-hybridized carbons (Fsp3) is 0.412. The average Bonchev–Trinajstić information content (AvgIpc) is 3.00. The van der Waals surface area contributed by atoms with Crippen molar-refractivity contribution in [3.05, 3.63) is 52.2 Å². The third-order valence-corrected chi connectivity index (χ3v) is 4.98. The van der Waals surface area contributed by atoms with Crippen molar-refractivity contribution in [3.8, 4) is 5.75 Å². The van der Waals surface area contributed by atoms with E-state index in [4.69, 9.17) is 4.74 Å². The van der Waals surface area contributed by atoms with E-state index in [9.17, 15) is 5.11 Å². The SMILES string of the molecule is COc1cccc(C2(O)CCCN(Cc3cccs3)C2)c1. The number of benzene rings is 1. The molecule has 1 fully saturated rings. The van der Waals surface area contributed by atoms with Crippen LogP contribution in [0.25, 0.3) is 0 Å². The maximum absolute atomic E-state index is 11.1. The smallest absolute Gasteiger partial charge is 0.119 e. The van der Waals surface area contributed by atoms with E-state index >= 15 is 0 Å². The van der Waals surface area contributed by atoms with Gasteiger partial charge in [-0.3, -0.25) is 4.90 Å². The monoisotopic (exact) mass is 303 g/mol. The van der Waals surface area contributed by atoms with Crippen molar-refractivity contribution in [3.63, 3.8) is 0 Å². The fourth-order valence-corrected chi connectivity index (χ4v) is 3.78. The van der Waals surface area contributed by atoms with Crippen molar-refractivity contribution in [1.82, 2.24) is 4.90 Å². The van der Waals surface area contributed by atoms with Gasteiger partial charge in [0.1, 0.15) is 11.4 Å². The summed E-state index contributed by atoms with van der Waals surface area (Å²) in [6.45, 7) is 2.65. The van der Waals surface area contributed by atoms with Crippen LogP contribution >= 0.6 is 11.3 Å². The summed E-state index contributed by atoms with van der Waals surface area (Å²) in [6.07, 6.45) is 1.82. The second-order valence-corrected chi connectivity index (χ2v) is 6.69. The summed E-state index contributed by atoms with van der Waals surface area (Å²) in [7, 11) is 1.66. The van der Waals surface area contributed by atoms with Crippen LogP contribution in [-0.2, 0) is 12.1 Å². The number of hydrogen-bond acceptors (Lipinski definition) is 4. The number of piperidine rings is 1. The Balaban J connectivity index is 1.76. The maximum Gasteiger partial charge on any atom is 0.119 e. The van der Waals surface area contributed by atoms with Crippen LogP contribution in [-0.4, -0.2) is 30.2 Å². The Hall–Kier alpha value is -1.36. The van der Waals surface area contributed by atoms with Crippen molar-refractivity contribution in [2.75, 3.05) is 20.2 Å². The first kappa shape index (κ1) is 14.6. The second kappa shape index (κ2) is 6.18. The van der Waals surface area contributed by atoms with Gasteiger partial charge >= 0.3 is 0 Å². The van der Waals surface area contributed by atoms with Crippen LogP contribution in [0.2, 0.25) is 0 Å². The van der Waals surface area contributed by atoms with Gasteiger partial charge in [-0.15, -0.1) is 11.3 Å². The largest absolute Gasteiger partial charge is 0.497 e. The number of likely N-dealkylation sites (tertiary alicyclic amines) is 1. The van der Waals surface area contributed by atoms with Gasteiger partial charge in [-0.2, -0.15) is 0 Å². The lowest BCUT2D eigenvalue weighted by atomic mass is 9.85. The standard InChI is InChI=1S/C17H21NO2S/c1-20-15-6-2-5-14(11-15)17(19)8-4-9-18(13-17)12-16-7-3-10-21-16/h2-3,5-7,10-11,19H,4,8-9,12-13H2,1H3. The molecular formula is C17H21NO2S. The normalized spacial score (nSPS) is 23.1. The Morgan fingerprint density at radius 1 is 1.33 bits per heavy atom. The molecule has 1 saturated heterocycles. The Labute approximate surface area is 129 Å². The lowest BCUT2D eigenvalue weighted by Gasteiger charge is -2.39. The first-order valence-corrected chi connectivity index (χ1v) is 8.19. The van der Waals surface area contributed by atoms with Crippen molar-refractivity contribution >= 4 is 11.3 Å². The van der Waals surface area contributed by atoms with E-state index in [1.54, 1.807) is 18.4 Å². The van der Waals surface area contributed by atoms with E-state index < -0.39 is 5.60 Å². The number of hydrogen-bond donors (Lipinski definition) is 1. The molecule has 1 aliphatic heterocycles. The van der Waals surface area contributed by atoms with Gasteiger partial charge in [0.15, 0.2) is 0 Å². The van der Waals surface area contributed by atoms with Crippen LogP contribution in [0.5, 0.6) is 5.75 Å². The first-order valence-electron chi connectivity index (χ1n) is 7.31. The van der Waals surface area contributed by atoms with Gasteiger partial charge in [0, 0.05) is 18.0 Å². The van der Waals surface area contributed by atoms with Crippen molar-refractivity contribution in [2.45, 2.75) is 25.0 Å². The van der Waals surface area contributed by atoms with Crippen molar-refractivity contribution < 1.29 is 9.84 Å². The number of ether oxygens (including phenoxy) is 1. The molecule has 0 spiro atoms. The maximum atomic E-state index is 11.1. The van der Waals surface area contributed by atoms with Gasteiger partial charge < -0.3 is 9.84 Å². The lowest BCUT2D eigenvalue weighted by molar-refractivity contribution is -0.0379. The van der Waals surface area contributed by atoms with Crippen LogP contribution < -0.4 is 4.74 Å². The van der Waals surface area contributed by atoms with Crippen LogP contribution in [0.15, 0.2) is 41.8 Å². The Morgan fingerprint density at radius 2 is 2.24 bits per heavy atom. The summed E-state index contributed by atoms with van der Waals surface area (Å²) in [4.78, 5) is 3.69. The zero-order valence-electron chi connectivity index (χ0n) is 12.3. The molecule has 112 valence electrons. The highest BCUT2D eigenvalue weighted by Crippen LogP contribution is 2.33. The van der Waals surface area contributed by atoms with Gasteiger partial charge in [0.2, 0.25) is 0 Å². The molecule has 3 rings (SSSR count). The molecule has 4 heteroatoms. The first-order chi connectivity index (χ1) is 10.2. The Bertz CT molecular complexity index is 584. The third-order valence-electron chi connectivity index (χ3n) is 4.12. The number of methoxy groups -OCH3 is 1. The predicted octanol–water partition coefficient (Wildman–Crippen LogP) is 3.24. The van der Waals surface area contributed by atoms with Gasteiger partial charge in [-0.1, -0.05) is 18.2 Å². The van der Waals surface area contributed by atoms with Gasteiger partial charge in [0.05, 0.1) is 7.11 Å². The summed E-state index contributed by atoms with van der Waals surface area (Å²) in [5.41, 5.74) is 0.182. The molecule has 1 unspecified atom stereocenters. The van der Waals surface area contributed by atoms with E-state index in [1.165, 1.54) is 4.88 Å². The van der Waals surface area contributed by atoms with Crippen LogP contribution in [0.4, 0.5) is 0 Å². The van der Waals surface area contributed by atoms with Crippen molar-refractivity contribution in [1.29, 1.82) is 0 Å². The molecule has 1 aromatic carbocycles. The minimum Gasteiger partial charge on any atom is -0.497 e. The van der Waals surface area contributed by atoms with Crippen LogP contribution in [0.1, 0.15) is 23.3 Å². The highest BCUT2D eigenvalue weighted by atomic mass is 32.1. The molecule has 1 aliphatic rings. The zero-order valence-corrected chi connectivity index (χ0v) is 13.1. The van der Waals surface area contributed by atoms with Crippen molar-refractivity contribution in [2.24, 2.45) is 0 Å². The predicted molar refractivity (Wildman–Crippen MR) is 85.7 cm³/mol. The van der Waals surface area contributed by atoms with Gasteiger partial charge in [0.25, 0.3) is 0 Å². The summed E-state index contributed by atoms with van der Waals surface area (Å²) in [5, 5.41) is 13.2.